The van der Waals surface area contributed by atoms with E-state index in [0.717, 1.165) is 12.8 Å². The fraction of sp³-hybridized carbons (Fsp3) is 1.00. The summed E-state index contributed by atoms with van der Waals surface area (Å²) < 4.78 is 19.4. The average Bonchev–Trinajstić information content (AvgIpc) is 2.63. The van der Waals surface area contributed by atoms with Crippen molar-refractivity contribution >= 4 is 0 Å². The highest BCUT2D eigenvalue weighted by Gasteiger charge is 2.44. The number of hydrogen-bond acceptors (Lipinski definition) is 3. The van der Waals surface area contributed by atoms with Crippen molar-refractivity contribution in [1.29, 1.82) is 0 Å². The summed E-state index contributed by atoms with van der Waals surface area (Å²) in [5.74, 6) is -0.648. The molecule has 30 heavy (non-hydrogen) atoms. The predicted molar refractivity (Wildman–Crippen MR) is 131 cm³/mol. The summed E-state index contributed by atoms with van der Waals surface area (Å²) in [6, 6.07) is 0. The van der Waals surface area contributed by atoms with Gasteiger partial charge in [-0.05, 0) is 54.4 Å². The van der Waals surface area contributed by atoms with Gasteiger partial charge in [0.15, 0.2) is 0 Å². The SMILES string of the molecule is CCCCCCCCC(CCCCCCCC)C(OC(C)C)(OC(C)C)OC(C)C. The van der Waals surface area contributed by atoms with Crippen LogP contribution in [0.15, 0.2) is 0 Å². The van der Waals surface area contributed by atoms with Gasteiger partial charge in [-0.15, -0.1) is 0 Å². The van der Waals surface area contributed by atoms with Crippen LogP contribution in [0, 0.1) is 5.92 Å². The highest BCUT2D eigenvalue weighted by atomic mass is 16.9. The van der Waals surface area contributed by atoms with E-state index in [0.29, 0.717) is 0 Å². The molecule has 3 heteroatoms. The molecule has 0 saturated carbocycles. The Labute approximate surface area is 190 Å². The lowest BCUT2D eigenvalue weighted by Gasteiger charge is -2.43. The van der Waals surface area contributed by atoms with E-state index in [4.69, 9.17) is 14.2 Å². The maximum Gasteiger partial charge on any atom is 0.286 e. The minimum absolute atomic E-state index is 0.0686. The molecule has 0 aromatic heterocycles. The topological polar surface area (TPSA) is 27.7 Å². The van der Waals surface area contributed by atoms with Gasteiger partial charge in [0.2, 0.25) is 0 Å². The molecule has 0 atom stereocenters. The summed E-state index contributed by atoms with van der Waals surface area (Å²) in [7, 11) is 0. The van der Waals surface area contributed by atoms with Crippen LogP contribution in [-0.2, 0) is 14.2 Å². The van der Waals surface area contributed by atoms with E-state index in [1.165, 1.54) is 77.0 Å². The van der Waals surface area contributed by atoms with Crippen LogP contribution >= 0.6 is 0 Å². The van der Waals surface area contributed by atoms with Crippen molar-refractivity contribution in [3.05, 3.63) is 0 Å². The van der Waals surface area contributed by atoms with Crippen LogP contribution in [0.3, 0.4) is 0 Å². The zero-order valence-corrected chi connectivity index (χ0v) is 21.9. The first-order valence-electron chi connectivity index (χ1n) is 13.3. The quantitative estimate of drug-likeness (QED) is 0.135. The van der Waals surface area contributed by atoms with E-state index >= 15 is 0 Å². The Morgan fingerprint density at radius 2 is 0.767 bits per heavy atom. The summed E-state index contributed by atoms with van der Waals surface area (Å²) in [6.45, 7) is 17.1. The predicted octanol–water partition coefficient (Wildman–Crippen LogP) is 9.03. The van der Waals surface area contributed by atoms with Crippen molar-refractivity contribution in [2.75, 3.05) is 0 Å². The second-order valence-electron chi connectivity index (χ2n) is 9.91. The van der Waals surface area contributed by atoms with Gasteiger partial charge in [-0.25, -0.2) is 0 Å². The fourth-order valence-electron chi connectivity index (χ4n) is 4.20. The van der Waals surface area contributed by atoms with E-state index in [1.54, 1.807) is 0 Å². The Morgan fingerprint density at radius 1 is 0.467 bits per heavy atom. The molecule has 0 spiro atoms. The number of ether oxygens (including phenoxy) is 3. The Bertz CT molecular complexity index is 323. The molecule has 182 valence electrons. The molecule has 0 bridgehead atoms. The molecular formula is C27H56O3. The molecule has 3 nitrogen and oxygen atoms in total. The summed E-state index contributed by atoms with van der Waals surface area (Å²) in [5.41, 5.74) is 0. The third kappa shape index (κ3) is 14.8. The van der Waals surface area contributed by atoms with E-state index < -0.39 is 5.97 Å². The Morgan fingerprint density at radius 3 is 1.07 bits per heavy atom. The van der Waals surface area contributed by atoms with Gasteiger partial charge in [0.1, 0.15) is 0 Å². The molecule has 0 aliphatic carbocycles. The van der Waals surface area contributed by atoms with Crippen LogP contribution in [-0.4, -0.2) is 24.3 Å². The van der Waals surface area contributed by atoms with Gasteiger partial charge in [-0.1, -0.05) is 90.9 Å². The van der Waals surface area contributed by atoms with Gasteiger partial charge in [0.25, 0.3) is 5.97 Å². The van der Waals surface area contributed by atoms with Crippen LogP contribution in [0.25, 0.3) is 0 Å². The molecule has 0 aromatic carbocycles. The van der Waals surface area contributed by atoms with Crippen molar-refractivity contribution in [3.63, 3.8) is 0 Å². The Balaban J connectivity index is 5.20. The summed E-state index contributed by atoms with van der Waals surface area (Å²) in [6.07, 6.45) is 18.2. The molecule has 0 N–H and O–H groups in total. The zero-order chi connectivity index (χ0) is 22.8. The molecule has 0 aliphatic heterocycles. The smallest absolute Gasteiger partial charge is 0.286 e. The monoisotopic (exact) mass is 428 g/mol. The molecule has 0 amide bonds. The lowest BCUT2D eigenvalue weighted by Crippen LogP contribution is -2.50. The van der Waals surface area contributed by atoms with Gasteiger partial charge < -0.3 is 14.2 Å². The first kappa shape index (κ1) is 29.9. The molecular weight excluding hydrogens is 372 g/mol. The first-order chi connectivity index (χ1) is 14.3. The van der Waals surface area contributed by atoms with Crippen LogP contribution in [0.4, 0.5) is 0 Å². The van der Waals surface area contributed by atoms with E-state index in [9.17, 15) is 0 Å². The van der Waals surface area contributed by atoms with Crippen molar-refractivity contribution in [2.24, 2.45) is 5.92 Å². The zero-order valence-electron chi connectivity index (χ0n) is 21.9. The standard InChI is InChI=1S/C27H56O3/c1-9-11-13-15-17-19-21-26(22-20-18-16-14-12-10-2)27(28-23(3)4,29-24(5)6)30-25(7)8/h23-26H,9-22H2,1-8H3. The van der Waals surface area contributed by atoms with E-state index in [1.807, 2.05) is 0 Å². The number of rotatable bonds is 21. The minimum atomic E-state index is -0.927. The number of unbranched alkanes of at least 4 members (excludes halogenated alkanes) is 10. The van der Waals surface area contributed by atoms with Gasteiger partial charge in [-0.3, -0.25) is 0 Å². The summed E-state index contributed by atoms with van der Waals surface area (Å²) >= 11 is 0. The number of hydrogen-bond donors (Lipinski definition) is 0. The Hall–Kier alpha value is -0.120. The molecule has 0 unspecified atom stereocenters. The highest BCUT2D eigenvalue weighted by molar-refractivity contribution is 4.76. The largest absolute Gasteiger partial charge is 0.324 e. The summed E-state index contributed by atoms with van der Waals surface area (Å²) in [4.78, 5) is 0. The van der Waals surface area contributed by atoms with Crippen molar-refractivity contribution < 1.29 is 14.2 Å². The molecule has 0 fully saturated rings. The Kier molecular flexibility index (Phi) is 18.4. The van der Waals surface area contributed by atoms with Crippen LogP contribution in [0.5, 0.6) is 0 Å². The van der Waals surface area contributed by atoms with Crippen LogP contribution < -0.4 is 0 Å². The van der Waals surface area contributed by atoms with Crippen LogP contribution in [0.2, 0.25) is 0 Å². The van der Waals surface area contributed by atoms with Crippen LogP contribution in [0.1, 0.15) is 145 Å². The van der Waals surface area contributed by atoms with Crippen molar-refractivity contribution in [3.8, 4) is 0 Å². The molecule has 0 heterocycles. The van der Waals surface area contributed by atoms with Gasteiger partial charge in [0, 0.05) is 5.92 Å². The van der Waals surface area contributed by atoms with Gasteiger partial charge in [-0.2, -0.15) is 0 Å². The van der Waals surface area contributed by atoms with E-state index in [2.05, 4.69) is 55.4 Å². The third-order valence-corrected chi connectivity index (χ3v) is 5.51. The molecule has 0 saturated heterocycles. The van der Waals surface area contributed by atoms with E-state index in [-0.39, 0.29) is 24.2 Å². The average molecular weight is 429 g/mol. The third-order valence-electron chi connectivity index (χ3n) is 5.51. The molecule has 0 aliphatic rings. The van der Waals surface area contributed by atoms with Gasteiger partial charge >= 0.3 is 0 Å². The summed E-state index contributed by atoms with van der Waals surface area (Å²) in [5, 5.41) is 0. The van der Waals surface area contributed by atoms with Gasteiger partial charge in [0.05, 0.1) is 18.3 Å². The molecule has 0 rings (SSSR count). The first-order valence-corrected chi connectivity index (χ1v) is 13.3. The minimum Gasteiger partial charge on any atom is -0.324 e. The molecule has 0 aromatic rings. The maximum absolute atomic E-state index is 6.47. The van der Waals surface area contributed by atoms with Crippen molar-refractivity contribution in [1.82, 2.24) is 0 Å². The highest BCUT2D eigenvalue weighted by Crippen LogP contribution is 2.37. The second kappa shape index (κ2) is 18.5. The lowest BCUT2D eigenvalue weighted by atomic mass is 9.91. The maximum atomic E-state index is 6.47. The fourth-order valence-corrected chi connectivity index (χ4v) is 4.20. The normalized spacial score (nSPS) is 12.8. The lowest BCUT2D eigenvalue weighted by molar-refractivity contribution is -0.433. The van der Waals surface area contributed by atoms with Crippen molar-refractivity contribution in [2.45, 2.75) is 170 Å². The second-order valence-corrected chi connectivity index (χ2v) is 9.91. The molecule has 0 radical (unpaired) electrons.